The Balaban J connectivity index is 2.38. The van der Waals surface area contributed by atoms with Crippen LogP contribution in [0.25, 0.3) is 0 Å². The quantitative estimate of drug-likeness (QED) is 0.720. The fourth-order valence-electron chi connectivity index (χ4n) is 2.16. The first-order chi connectivity index (χ1) is 9.17. The van der Waals surface area contributed by atoms with Gasteiger partial charge in [-0.2, -0.15) is 0 Å². The van der Waals surface area contributed by atoms with Gasteiger partial charge >= 0.3 is 0 Å². The highest BCUT2D eigenvalue weighted by molar-refractivity contribution is 5.26. The third-order valence-corrected chi connectivity index (χ3v) is 3.26. The van der Waals surface area contributed by atoms with Crippen molar-refractivity contribution in [3.8, 4) is 0 Å². The van der Waals surface area contributed by atoms with Gasteiger partial charge in [-0.15, -0.1) is 0 Å². The van der Waals surface area contributed by atoms with Crippen molar-refractivity contribution in [2.75, 3.05) is 26.8 Å². The van der Waals surface area contributed by atoms with Crippen LogP contribution in [0.3, 0.4) is 0 Å². The van der Waals surface area contributed by atoms with Gasteiger partial charge in [0, 0.05) is 13.2 Å². The molecule has 0 bridgehead atoms. The smallest absolute Gasteiger partial charge is 0.123 e. The molecule has 3 N–H and O–H groups in total. The van der Waals surface area contributed by atoms with Crippen molar-refractivity contribution >= 4 is 0 Å². The molecule has 0 radical (unpaired) electrons. The molecule has 4 heteroatoms. The van der Waals surface area contributed by atoms with E-state index >= 15 is 0 Å². The summed E-state index contributed by atoms with van der Waals surface area (Å²) in [4.78, 5) is 0. The fourth-order valence-corrected chi connectivity index (χ4v) is 2.16. The van der Waals surface area contributed by atoms with E-state index in [1.807, 2.05) is 13.0 Å². The van der Waals surface area contributed by atoms with Crippen molar-refractivity contribution in [1.82, 2.24) is 5.32 Å². The van der Waals surface area contributed by atoms with Crippen LogP contribution in [0, 0.1) is 12.7 Å². The zero-order chi connectivity index (χ0) is 14.1. The molecule has 1 rings (SSSR count). The molecule has 0 spiro atoms. The molecular formula is C15H25FN2O. The van der Waals surface area contributed by atoms with E-state index in [2.05, 4.69) is 5.32 Å². The molecule has 0 aromatic heterocycles. The van der Waals surface area contributed by atoms with Gasteiger partial charge in [0.15, 0.2) is 0 Å². The Labute approximate surface area is 115 Å². The maximum absolute atomic E-state index is 13.0. The van der Waals surface area contributed by atoms with Crippen molar-refractivity contribution in [2.45, 2.75) is 32.2 Å². The van der Waals surface area contributed by atoms with Crippen molar-refractivity contribution in [2.24, 2.45) is 5.73 Å². The van der Waals surface area contributed by atoms with Gasteiger partial charge < -0.3 is 15.8 Å². The lowest BCUT2D eigenvalue weighted by atomic mass is 10.1. The summed E-state index contributed by atoms with van der Waals surface area (Å²) in [6, 6.07) is 5.30. The third kappa shape index (κ3) is 6.14. The van der Waals surface area contributed by atoms with Crippen LogP contribution in [0.5, 0.6) is 0 Å². The second-order valence-corrected chi connectivity index (χ2v) is 4.86. The second-order valence-electron chi connectivity index (χ2n) is 4.86. The molecule has 0 saturated heterocycles. The summed E-state index contributed by atoms with van der Waals surface area (Å²) in [6.45, 7) is 4.21. The minimum absolute atomic E-state index is 0.172. The van der Waals surface area contributed by atoms with E-state index in [1.165, 1.54) is 11.6 Å². The first kappa shape index (κ1) is 16.1. The standard InChI is InChI=1S/C15H25FN2O/c1-12-10-14(16)6-5-13(12)7-9-18-15(11-19-2)4-3-8-17/h5-6,10,15,18H,3-4,7-9,11,17H2,1-2H3. The van der Waals surface area contributed by atoms with Crippen molar-refractivity contribution in [3.05, 3.63) is 35.1 Å². The molecule has 0 heterocycles. The number of nitrogens with one attached hydrogen (secondary N) is 1. The Kier molecular flexibility index (Phi) is 7.63. The van der Waals surface area contributed by atoms with Gasteiger partial charge in [0.2, 0.25) is 0 Å². The van der Waals surface area contributed by atoms with Gasteiger partial charge in [-0.3, -0.25) is 0 Å². The van der Waals surface area contributed by atoms with Crippen LogP contribution >= 0.6 is 0 Å². The van der Waals surface area contributed by atoms with Crippen LogP contribution in [0.2, 0.25) is 0 Å². The lowest BCUT2D eigenvalue weighted by molar-refractivity contribution is 0.162. The summed E-state index contributed by atoms with van der Waals surface area (Å²) in [6.07, 6.45) is 2.91. The second kappa shape index (κ2) is 9.02. The summed E-state index contributed by atoms with van der Waals surface area (Å²) < 4.78 is 18.2. The van der Waals surface area contributed by atoms with E-state index in [1.54, 1.807) is 13.2 Å². The molecule has 0 fully saturated rings. The van der Waals surface area contributed by atoms with Gasteiger partial charge in [-0.05, 0) is 62.5 Å². The Morgan fingerprint density at radius 3 is 2.84 bits per heavy atom. The Morgan fingerprint density at radius 1 is 1.42 bits per heavy atom. The number of ether oxygens (including phenoxy) is 1. The van der Waals surface area contributed by atoms with Gasteiger partial charge in [0.1, 0.15) is 5.82 Å². The summed E-state index contributed by atoms with van der Waals surface area (Å²) in [7, 11) is 1.71. The first-order valence-corrected chi connectivity index (χ1v) is 6.84. The number of hydrogen-bond donors (Lipinski definition) is 2. The summed E-state index contributed by atoms with van der Waals surface area (Å²) in [5.41, 5.74) is 7.71. The highest BCUT2D eigenvalue weighted by atomic mass is 19.1. The molecule has 0 aliphatic carbocycles. The molecule has 3 nitrogen and oxygen atoms in total. The molecule has 19 heavy (non-hydrogen) atoms. The maximum Gasteiger partial charge on any atom is 0.123 e. The van der Waals surface area contributed by atoms with E-state index in [0.717, 1.165) is 31.4 Å². The highest BCUT2D eigenvalue weighted by Gasteiger charge is 2.07. The predicted molar refractivity (Wildman–Crippen MR) is 76.8 cm³/mol. The largest absolute Gasteiger partial charge is 0.383 e. The average molecular weight is 268 g/mol. The molecule has 0 amide bonds. The zero-order valence-corrected chi connectivity index (χ0v) is 11.9. The maximum atomic E-state index is 13.0. The summed E-state index contributed by atoms with van der Waals surface area (Å²) >= 11 is 0. The molecule has 0 aliphatic rings. The van der Waals surface area contributed by atoms with Crippen molar-refractivity contribution < 1.29 is 9.13 Å². The van der Waals surface area contributed by atoms with Crippen molar-refractivity contribution in [1.29, 1.82) is 0 Å². The summed E-state index contributed by atoms with van der Waals surface area (Å²) in [5, 5.41) is 3.47. The topological polar surface area (TPSA) is 47.3 Å². The Bertz CT molecular complexity index is 371. The molecule has 1 aromatic rings. The Hall–Kier alpha value is -0.970. The van der Waals surface area contributed by atoms with E-state index in [0.29, 0.717) is 19.2 Å². The van der Waals surface area contributed by atoms with Crippen LogP contribution in [-0.2, 0) is 11.2 Å². The van der Waals surface area contributed by atoms with Crippen LogP contribution in [0.4, 0.5) is 4.39 Å². The normalized spacial score (nSPS) is 12.6. The lowest BCUT2D eigenvalue weighted by Gasteiger charge is -2.18. The van der Waals surface area contributed by atoms with Crippen LogP contribution in [0.15, 0.2) is 18.2 Å². The van der Waals surface area contributed by atoms with E-state index in [4.69, 9.17) is 10.5 Å². The van der Waals surface area contributed by atoms with E-state index in [-0.39, 0.29) is 5.82 Å². The molecule has 0 aliphatic heterocycles. The fraction of sp³-hybridized carbons (Fsp3) is 0.600. The monoisotopic (exact) mass is 268 g/mol. The third-order valence-electron chi connectivity index (χ3n) is 3.26. The highest BCUT2D eigenvalue weighted by Crippen LogP contribution is 2.10. The van der Waals surface area contributed by atoms with Crippen molar-refractivity contribution in [3.63, 3.8) is 0 Å². The molecular weight excluding hydrogens is 243 g/mol. The number of aryl methyl sites for hydroxylation is 1. The van der Waals surface area contributed by atoms with E-state index < -0.39 is 0 Å². The number of halogens is 1. The zero-order valence-electron chi connectivity index (χ0n) is 11.9. The van der Waals surface area contributed by atoms with Crippen LogP contribution < -0.4 is 11.1 Å². The van der Waals surface area contributed by atoms with Gasteiger partial charge in [0.05, 0.1) is 6.61 Å². The average Bonchev–Trinajstić information content (AvgIpc) is 2.38. The number of benzene rings is 1. The summed E-state index contributed by atoms with van der Waals surface area (Å²) in [5.74, 6) is -0.172. The van der Waals surface area contributed by atoms with Gasteiger partial charge in [-0.1, -0.05) is 6.07 Å². The SMILES string of the molecule is COCC(CCCN)NCCc1ccc(F)cc1C. The Morgan fingerprint density at radius 2 is 2.21 bits per heavy atom. The minimum atomic E-state index is -0.172. The molecule has 1 aromatic carbocycles. The number of methoxy groups -OCH3 is 1. The first-order valence-electron chi connectivity index (χ1n) is 6.84. The van der Waals surface area contributed by atoms with Crippen LogP contribution in [0.1, 0.15) is 24.0 Å². The van der Waals surface area contributed by atoms with E-state index in [9.17, 15) is 4.39 Å². The number of rotatable bonds is 9. The predicted octanol–water partition coefficient (Wildman–Crippen LogP) is 2.02. The number of nitrogens with two attached hydrogens (primary N) is 1. The molecule has 0 saturated carbocycles. The van der Waals surface area contributed by atoms with Gasteiger partial charge in [-0.25, -0.2) is 4.39 Å². The molecule has 1 atom stereocenters. The minimum Gasteiger partial charge on any atom is -0.383 e. The molecule has 108 valence electrons. The van der Waals surface area contributed by atoms with Crippen LogP contribution in [-0.4, -0.2) is 32.8 Å². The molecule has 1 unspecified atom stereocenters. The lowest BCUT2D eigenvalue weighted by Crippen LogP contribution is -2.35. The number of hydrogen-bond acceptors (Lipinski definition) is 3. The van der Waals surface area contributed by atoms with Gasteiger partial charge in [0.25, 0.3) is 0 Å².